The van der Waals surface area contributed by atoms with E-state index in [4.69, 9.17) is 9.47 Å². The fourth-order valence-electron chi connectivity index (χ4n) is 4.16. The lowest BCUT2D eigenvalue weighted by Gasteiger charge is -2.35. The maximum atomic E-state index is 13.1. The molecule has 0 aliphatic carbocycles. The number of aryl methyl sites for hydroxylation is 1. The standard InChI is InChI=1S/C23H31N3O3S/c1-18-3-4-21-20(13-18)14-25(15-22(29-21)19-5-12-30-17-19)16-23(27)26-8-6-24(7-9-26)10-11-28-2/h3-5,12-13,17,22H,6-11,14-16H2,1-2H3. The first kappa shape index (κ1) is 21.3. The highest BCUT2D eigenvalue weighted by Gasteiger charge is 2.28. The third-order valence-electron chi connectivity index (χ3n) is 5.91. The van der Waals surface area contributed by atoms with Crippen LogP contribution in [0.15, 0.2) is 35.0 Å². The lowest BCUT2D eigenvalue weighted by atomic mass is 10.1. The minimum absolute atomic E-state index is 0.0566. The molecule has 30 heavy (non-hydrogen) atoms. The van der Waals surface area contributed by atoms with E-state index in [1.165, 1.54) is 11.1 Å². The first-order valence-corrected chi connectivity index (χ1v) is 11.6. The first-order valence-electron chi connectivity index (χ1n) is 10.6. The first-order chi connectivity index (χ1) is 14.6. The van der Waals surface area contributed by atoms with E-state index in [2.05, 4.69) is 51.7 Å². The molecule has 2 aromatic rings. The molecular weight excluding hydrogens is 398 g/mol. The van der Waals surface area contributed by atoms with Crippen molar-refractivity contribution in [2.75, 3.05) is 59.5 Å². The molecule has 6 nitrogen and oxygen atoms in total. The fourth-order valence-corrected chi connectivity index (χ4v) is 4.86. The molecule has 3 heterocycles. The van der Waals surface area contributed by atoms with Gasteiger partial charge in [-0.25, -0.2) is 0 Å². The number of methoxy groups -OCH3 is 1. The SMILES string of the molecule is COCCN1CCN(C(=O)CN2Cc3cc(C)ccc3OC(c3ccsc3)C2)CC1. The van der Waals surface area contributed by atoms with Gasteiger partial charge in [0.2, 0.25) is 5.91 Å². The Morgan fingerprint density at radius 1 is 1.20 bits per heavy atom. The van der Waals surface area contributed by atoms with Crippen LogP contribution in [-0.4, -0.2) is 80.1 Å². The van der Waals surface area contributed by atoms with E-state index in [-0.39, 0.29) is 12.0 Å². The quantitative estimate of drug-likeness (QED) is 0.707. The number of thiophene rings is 1. The molecule has 0 saturated carbocycles. The third-order valence-corrected chi connectivity index (χ3v) is 6.62. The Labute approximate surface area is 183 Å². The Morgan fingerprint density at radius 2 is 2.03 bits per heavy atom. The Kier molecular flexibility index (Phi) is 7.04. The molecule has 1 atom stereocenters. The lowest BCUT2D eigenvalue weighted by Crippen LogP contribution is -2.51. The van der Waals surface area contributed by atoms with Crippen LogP contribution in [0, 0.1) is 6.92 Å². The monoisotopic (exact) mass is 429 g/mol. The largest absolute Gasteiger partial charge is 0.484 e. The van der Waals surface area contributed by atoms with Crippen LogP contribution >= 0.6 is 11.3 Å². The number of nitrogens with zero attached hydrogens (tertiary/aromatic N) is 3. The highest BCUT2D eigenvalue weighted by Crippen LogP contribution is 2.32. The van der Waals surface area contributed by atoms with Gasteiger partial charge in [0.25, 0.3) is 0 Å². The van der Waals surface area contributed by atoms with Gasteiger partial charge in [0.15, 0.2) is 0 Å². The molecule has 1 aromatic heterocycles. The number of hydrogen-bond acceptors (Lipinski definition) is 6. The van der Waals surface area contributed by atoms with Crippen LogP contribution < -0.4 is 4.74 Å². The van der Waals surface area contributed by atoms with Gasteiger partial charge in [-0.05, 0) is 29.8 Å². The summed E-state index contributed by atoms with van der Waals surface area (Å²) in [5, 5.41) is 4.22. The van der Waals surface area contributed by atoms with Gasteiger partial charge in [0.1, 0.15) is 11.9 Å². The van der Waals surface area contributed by atoms with E-state index in [0.717, 1.165) is 57.2 Å². The summed E-state index contributed by atoms with van der Waals surface area (Å²) in [6, 6.07) is 8.45. The highest BCUT2D eigenvalue weighted by molar-refractivity contribution is 7.07. The predicted molar refractivity (Wildman–Crippen MR) is 119 cm³/mol. The molecule has 1 fully saturated rings. The van der Waals surface area contributed by atoms with E-state index in [9.17, 15) is 4.79 Å². The maximum Gasteiger partial charge on any atom is 0.236 e. The van der Waals surface area contributed by atoms with Gasteiger partial charge in [-0.3, -0.25) is 14.6 Å². The van der Waals surface area contributed by atoms with Crippen molar-refractivity contribution >= 4 is 17.2 Å². The number of benzene rings is 1. The Hall–Kier alpha value is -1.93. The summed E-state index contributed by atoms with van der Waals surface area (Å²) >= 11 is 1.68. The molecule has 1 amide bonds. The van der Waals surface area contributed by atoms with E-state index in [1.807, 2.05) is 4.90 Å². The van der Waals surface area contributed by atoms with Gasteiger partial charge in [0.05, 0.1) is 13.2 Å². The fraction of sp³-hybridized carbons (Fsp3) is 0.522. The zero-order valence-electron chi connectivity index (χ0n) is 17.9. The van der Waals surface area contributed by atoms with Gasteiger partial charge in [0, 0.05) is 64.0 Å². The summed E-state index contributed by atoms with van der Waals surface area (Å²) in [6.07, 6.45) is -0.0566. The number of fused-ring (bicyclic) bond motifs is 1. The number of hydrogen-bond donors (Lipinski definition) is 0. The summed E-state index contributed by atoms with van der Waals surface area (Å²) in [5.74, 6) is 1.14. The minimum atomic E-state index is -0.0566. The van der Waals surface area contributed by atoms with Crippen molar-refractivity contribution in [1.29, 1.82) is 0 Å². The number of piperazine rings is 1. The second-order valence-electron chi connectivity index (χ2n) is 8.16. The number of carbonyl (C=O) groups excluding carboxylic acids is 1. The van der Waals surface area contributed by atoms with Crippen LogP contribution in [0.2, 0.25) is 0 Å². The van der Waals surface area contributed by atoms with Crippen LogP contribution in [0.4, 0.5) is 0 Å². The van der Waals surface area contributed by atoms with Crippen LogP contribution in [0.3, 0.4) is 0 Å². The molecular formula is C23H31N3O3S. The van der Waals surface area contributed by atoms with Gasteiger partial charge >= 0.3 is 0 Å². The van der Waals surface area contributed by atoms with Gasteiger partial charge < -0.3 is 14.4 Å². The number of ether oxygens (including phenoxy) is 2. The Morgan fingerprint density at radius 3 is 2.77 bits per heavy atom. The molecule has 1 unspecified atom stereocenters. The van der Waals surface area contributed by atoms with Crippen molar-refractivity contribution in [2.24, 2.45) is 0 Å². The van der Waals surface area contributed by atoms with Crippen molar-refractivity contribution in [3.8, 4) is 5.75 Å². The molecule has 2 aliphatic heterocycles. The van der Waals surface area contributed by atoms with Crippen molar-refractivity contribution in [3.63, 3.8) is 0 Å². The number of amides is 1. The lowest BCUT2D eigenvalue weighted by molar-refractivity contribution is -0.134. The van der Waals surface area contributed by atoms with E-state index >= 15 is 0 Å². The van der Waals surface area contributed by atoms with Crippen molar-refractivity contribution in [3.05, 3.63) is 51.7 Å². The third kappa shape index (κ3) is 5.21. The second-order valence-corrected chi connectivity index (χ2v) is 8.94. The molecule has 0 N–H and O–H groups in total. The van der Waals surface area contributed by atoms with Crippen LogP contribution in [0.1, 0.15) is 22.8 Å². The molecule has 0 spiro atoms. The maximum absolute atomic E-state index is 13.1. The molecule has 0 bridgehead atoms. The minimum Gasteiger partial charge on any atom is -0.484 e. The van der Waals surface area contributed by atoms with E-state index < -0.39 is 0 Å². The van der Waals surface area contributed by atoms with Gasteiger partial charge in [-0.15, -0.1) is 0 Å². The summed E-state index contributed by atoms with van der Waals surface area (Å²) in [5.41, 5.74) is 3.55. The zero-order valence-corrected chi connectivity index (χ0v) is 18.7. The van der Waals surface area contributed by atoms with E-state index in [1.54, 1.807) is 18.4 Å². The normalized spacial score (nSPS) is 20.5. The average molecular weight is 430 g/mol. The van der Waals surface area contributed by atoms with Crippen LogP contribution in [0.5, 0.6) is 5.75 Å². The van der Waals surface area contributed by atoms with Crippen molar-refractivity contribution < 1.29 is 14.3 Å². The van der Waals surface area contributed by atoms with Gasteiger partial charge in [-0.2, -0.15) is 11.3 Å². The molecule has 2 aliphatic rings. The molecule has 1 aromatic carbocycles. The Balaban J connectivity index is 1.43. The van der Waals surface area contributed by atoms with Crippen molar-refractivity contribution in [2.45, 2.75) is 19.6 Å². The summed E-state index contributed by atoms with van der Waals surface area (Å²) < 4.78 is 11.6. The predicted octanol–water partition coefficient (Wildman–Crippen LogP) is 2.78. The summed E-state index contributed by atoms with van der Waals surface area (Å²) in [4.78, 5) is 19.7. The summed E-state index contributed by atoms with van der Waals surface area (Å²) in [7, 11) is 1.73. The smallest absolute Gasteiger partial charge is 0.236 e. The van der Waals surface area contributed by atoms with Crippen LogP contribution in [-0.2, 0) is 16.1 Å². The molecule has 0 radical (unpaired) electrons. The highest BCUT2D eigenvalue weighted by atomic mass is 32.1. The Bertz CT molecular complexity index is 834. The number of rotatable bonds is 6. The topological polar surface area (TPSA) is 45.2 Å². The van der Waals surface area contributed by atoms with Gasteiger partial charge in [-0.1, -0.05) is 17.7 Å². The molecule has 4 rings (SSSR count). The summed E-state index contributed by atoms with van der Waals surface area (Å²) in [6.45, 7) is 9.05. The van der Waals surface area contributed by atoms with E-state index in [0.29, 0.717) is 13.1 Å². The van der Waals surface area contributed by atoms with Crippen LogP contribution in [0.25, 0.3) is 0 Å². The molecule has 1 saturated heterocycles. The van der Waals surface area contributed by atoms with Crippen molar-refractivity contribution in [1.82, 2.24) is 14.7 Å². The average Bonchev–Trinajstić information content (AvgIpc) is 3.22. The molecule has 162 valence electrons. The number of carbonyl (C=O) groups is 1. The molecule has 7 heteroatoms. The zero-order chi connectivity index (χ0) is 20.9. The second kappa shape index (κ2) is 9.92.